The minimum atomic E-state index is -3.16. The van der Waals surface area contributed by atoms with Crippen LogP contribution in [0, 0.1) is 24.1 Å². The Morgan fingerprint density at radius 1 is 1.39 bits per heavy atom. The van der Waals surface area contributed by atoms with Gasteiger partial charge in [-0.3, -0.25) is 4.68 Å². The van der Waals surface area contributed by atoms with E-state index in [4.69, 9.17) is 6.57 Å². The largest absolute Gasteiger partial charge is 0.396 e. The Morgan fingerprint density at radius 3 is 2.87 bits per heavy atom. The average Bonchev–Trinajstić information content (AvgIpc) is 3.05. The maximum Gasteiger partial charge on any atom is 0.322 e. The van der Waals surface area contributed by atoms with Crippen LogP contribution in [0.4, 0.5) is 33.7 Å². The molecule has 0 aliphatic carbocycles. The van der Waals surface area contributed by atoms with E-state index in [0.717, 1.165) is 12.1 Å². The van der Waals surface area contributed by atoms with Gasteiger partial charge in [-0.15, -0.1) is 0 Å². The number of hydrogen-bond acceptors (Lipinski definition) is 3. The molecule has 1 aromatic carbocycles. The molecule has 0 saturated carbocycles. The van der Waals surface area contributed by atoms with Crippen molar-refractivity contribution in [2.24, 2.45) is 5.92 Å². The molecule has 0 bridgehead atoms. The first-order valence-electron chi connectivity index (χ1n) is 9.74. The third-order valence-corrected chi connectivity index (χ3v) is 5.71. The third-order valence-electron chi connectivity index (χ3n) is 5.71. The molecule has 0 unspecified atom stereocenters. The molecule has 11 heteroatoms. The summed E-state index contributed by atoms with van der Waals surface area (Å²) in [5.74, 6) is -5.72. The number of aliphatic hydroxyl groups is 1. The number of aromatic nitrogens is 2. The van der Waals surface area contributed by atoms with E-state index in [1.807, 2.05) is 0 Å². The molecule has 0 radical (unpaired) electrons. The lowest BCUT2D eigenvalue weighted by molar-refractivity contribution is -0.0226. The van der Waals surface area contributed by atoms with Gasteiger partial charge in [-0.1, -0.05) is 0 Å². The second-order valence-corrected chi connectivity index (χ2v) is 7.72. The molecule has 0 saturated heterocycles. The van der Waals surface area contributed by atoms with E-state index < -0.39 is 35.7 Å². The number of carbonyl (C=O) groups is 1. The molecule has 164 valence electrons. The van der Waals surface area contributed by atoms with Crippen molar-refractivity contribution in [3.8, 4) is 0 Å². The van der Waals surface area contributed by atoms with Gasteiger partial charge < -0.3 is 15.3 Å². The lowest BCUT2D eigenvalue weighted by Crippen LogP contribution is -2.39. The zero-order valence-electron chi connectivity index (χ0n) is 16.3. The number of aliphatic hydroxyl groups excluding tert-OH is 1. The summed E-state index contributed by atoms with van der Waals surface area (Å²) in [6.07, 6.45) is -0.0381. The summed E-state index contributed by atoms with van der Waals surface area (Å²) in [6, 6.07) is 1.12. The molecule has 4 rings (SSSR count). The number of fused-ring (bicyclic) bond motifs is 3. The van der Waals surface area contributed by atoms with Crippen LogP contribution in [-0.2, 0) is 25.4 Å². The number of amides is 2. The molecule has 7 nitrogen and oxygen atoms in total. The van der Waals surface area contributed by atoms with Crippen LogP contribution in [0.15, 0.2) is 12.1 Å². The predicted octanol–water partition coefficient (Wildman–Crippen LogP) is 3.80. The maximum absolute atomic E-state index is 14.9. The van der Waals surface area contributed by atoms with Crippen molar-refractivity contribution in [2.45, 2.75) is 38.3 Å². The van der Waals surface area contributed by atoms with Gasteiger partial charge in [-0.25, -0.2) is 18.4 Å². The van der Waals surface area contributed by atoms with E-state index in [2.05, 4.69) is 15.3 Å². The third kappa shape index (κ3) is 3.72. The van der Waals surface area contributed by atoms with Gasteiger partial charge in [0.2, 0.25) is 0 Å². The Hall–Kier alpha value is -3.13. The molecular formula is C20H19F4N5O2. The number of nitrogens with one attached hydrogen (secondary N) is 1. The quantitative estimate of drug-likeness (QED) is 0.555. The Balaban J connectivity index is 1.59. The summed E-state index contributed by atoms with van der Waals surface area (Å²) in [7, 11) is 0. The van der Waals surface area contributed by atoms with E-state index in [1.165, 1.54) is 9.58 Å². The topological polar surface area (TPSA) is 74.8 Å². The molecule has 2 aliphatic rings. The second-order valence-electron chi connectivity index (χ2n) is 7.72. The molecule has 0 spiro atoms. The summed E-state index contributed by atoms with van der Waals surface area (Å²) in [4.78, 5) is 16.7. The van der Waals surface area contributed by atoms with Crippen LogP contribution in [0.3, 0.4) is 0 Å². The highest BCUT2D eigenvalue weighted by molar-refractivity contribution is 5.90. The first-order chi connectivity index (χ1) is 14.7. The predicted molar refractivity (Wildman–Crippen MR) is 102 cm³/mol. The van der Waals surface area contributed by atoms with E-state index in [1.54, 1.807) is 0 Å². The number of rotatable bonds is 2. The van der Waals surface area contributed by atoms with Gasteiger partial charge in [0.15, 0.2) is 5.82 Å². The van der Waals surface area contributed by atoms with Gasteiger partial charge in [0.1, 0.15) is 11.5 Å². The maximum atomic E-state index is 14.9. The number of urea groups is 1. The monoisotopic (exact) mass is 437 g/mol. The Kier molecular flexibility index (Phi) is 5.35. The zero-order valence-corrected chi connectivity index (χ0v) is 16.3. The zero-order chi connectivity index (χ0) is 22.3. The number of benzene rings is 1. The van der Waals surface area contributed by atoms with Gasteiger partial charge in [0.25, 0.3) is 11.6 Å². The van der Waals surface area contributed by atoms with Gasteiger partial charge in [-0.2, -0.15) is 13.9 Å². The minimum absolute atomic E-state index is 0.144. The Labute approximate surface area is 175 Å². The second kappa shape index (κ2) is 7.85. The lowest BCUT2D eigenvalue weighted by Gasteiger charge is -2.28. The molecule has 31 heavy (non-hydrogen) atoms. The Bertz CT molecular complexity index is 1080. The standard InChI is InChI=1S/C20H19F4N5O2/c1-25-17-13(21)2-3-15(16(17)22)26-19(31)28-7-5-14-12(9-28)18-20(23,24)6-4-11(10-30)8-29(18)27-14/h2-3,11,30H,4-10H2,(H,26,31)/t11-/m1/s1. The van der Waals surface area contributed by atoms with Crippen LogP contribution in [-0.4, -0.2) is 39.0 Å². The minimum Gasteiger partial charge on any atom is -0.396 e. The van der Waals surface area contributed by atoms with Crippen LogP contribution in [0.5, 0.6) is 0 Å². The molecule has 0 fully saturated rings. The normalized spacial score (nSPS) is 19.7. The van der Waals surface area contributed by atoms with Crippen LogP contribution in [0.1, 0.15) is 29.8 Å². The van der Waals surface area contributed by atoms with Crippen LogP contribution < -0.4 is 5.32 Å². The highest BCUT2D eigenvalue weighted by Crippen LogP contribution is 2.41. The molecule has 1 atom stereocenters. The number of anilines is 1. The molecular weight excluding hydrogens is 418 g/mol. The smallest absolute Gasteiger partial charge is 0.322 e. The fourth-order valence-electron chi connectivity index (χ4n) is 4.06. The van der Waals surface area contributed by atoms with Crippen molar-refractivity contribution in [3.05, 3.63) is 52.1 Å². The van der Waals surface area contributed by atoms with Crippen molar-refractivity contribution in [1.29, 1.82) is 0 Å². The first-order valence-corrected chi connectivity index (χ1v) is 9.74. The molecule has 3 heterocycles. The highest BCUT2D eigenvalue weighted by atomic mass is 19.3. The van der Waals surface area contributed by atoms with Crippen LogP contribution >= 0.6 is 0 Å². The van der Waals surface area contributed by atoms with Crippen molar-refractivity contribution >= 4 is 17.4 Å². The summed E-state index contributed by atoms with van der Waals surface area (Å²) >= 11 is 0. The first kappa shape index (κ1) is 21.1. The van der Waals surface area contributed by atoms with E-state index in [9.17, 15) is 27.5 Å². The summed E-state index contributed by atoms with van der Waals surface area (Å²) < 4.78 is 58.7. The van der Waals surface area contributed by atoms with Gasteiger partial charge in [-0.05, 0) is 18.6 Å². The molecule has 2 aromatic rings. The van der Waals surface area contributed by atoms with E-state index >= 15 is 0 Å². The van der Waals surface area contributed by atoms with E-state index in [0.29, 0.717) is 5.69 Å². The number of nitrogens with zero attached hydrogens (tertiary/aromatic N) is 4. The van der Waals surface area contributed by atoms with Crippen molar-refractivity contribution < 1.29 is 27.5 Å². The van der Waals surface area contributed by atoms with Crippen LogP contribution in [0.25, 0.3) is 4.85 Å². The highest BCUT2D eigenvalue weighted by Gasteiger charge is 2.43. The molecule has 1 aromatic heterocycles. The number of hydrogen-bond donors (Lipinski definition) is 2. The summed E-state index contributed by atoms with van der Waals surface area (Å²) in [6.45, 7) is 6.84. The molecule has 2 aliphatic heterocycles. The van der Waals surface area contributed by atoms with Crippen molar-refractivity contribution in [2.75, 3.05) is 18.5 Å². The molecule has 2 amide bonds. The number of halogens is 4. The fraction of sp³-hybridized carbons (Fsp3) is 0.450. The van der Waals surface area contributed by atoms with Gasteiger partial charge in [0.05, 0.1) is 24.5 Å². The number of carbonyl (C=O) groups excluding carboxylic acids is 1. The van der Waals surface area contributed by atoms with Gasteiger partial charge >= 0.3 is 6.03 Å². The fourth-order valence-corrected chi connectivity index (χ4v) is 4.06. The van der Waals surface area contributed by atoms with Gasteiger partial charge in [0, 0.05) is 44.0 Å². The Morgan fingerprint density at radius 2 is 2.16 bits per heavy atom. The SMILES string of the molecule is [C-]#[N+]c1c(F)ccc(NC(=O)N2CCc3nn4c(c3C2)C(F)(F)CC[C@@H](CO)C4)c1F. The lowest BCUT2D eigenvalue weighted by atomic mass is 9.98. The molecule has 2 N–H and O–H groups in total. The summed E-state index contributed by atoms with van der Waals surface area (Å²) in [5.41, 5.74) is -0.724. The average molecular weight is 437 g/mol. The van der Waals surface area contributed by atoms with Crippen LogP contribution in [0.2, 0.25) is 0 Å². The summed E-state index contributed by atoms with van der Waals surface area (Å²) in [5, 5.41) is 16.0. The van der Waals surface area contributed by atoms with Crippen molar-refractivity contribution in [3.63, 3.8) is 0 Å². The van der Waals surface area contributed by atoms with Crippen molar-refractivity contribution in [1.82, 2.24) is 14.7 Å². The van der Waals surface area contributed by atoms with E-state index in [-0.39, 0.29) is 61.9 Å². The number of alkyl halides is 2.